The van der Waals surface area contributed by atoms with Crippen molar-refractivity contribution in [1.82, 2.24) is 15.1 Å². The Morgan fingerprint density at radius 3 is 2.10 bits per heavy atom. The molecule has 0 spiro atoms. The fourth-order valence-corrected chi connectivity index (χ4v) is 4.85. The molecule has 3 heteroatoms. The predicted octanol–water partition coefficient (Wildman–Crippen LogP) is 2.57. The highest BCUT2D eigenvalue weighted by Crippen LogP contribution is 2.35. The lowest BCUT2D eigenvalue weighted by molar-refractivity contribution is 0.0272. The van der Waals surface area contributed by atoms with Gasteiger partial charge in [-0.15, -0.1) is 0 Å². The van der Waals surface area contributed by atoms with Crippen LogP contribution in [0.15, 0.2) is 0 Å². The third kappa shape index (κ3) is 3.62. The number of fused-ring (bicyclic) bond motifs is 2. The Morgan fingerprint density at radius 2 is 1.52 bits per heavy atom. The van der Waals surface area contributed by atoms with Gasteiger partial charge in [-0.25, -0.2) is 0 Å². The molecular weight excluding hydrogens is 258 g/mol. The van der Waals surface area contributed by atoms with Crippen LogP contribution in [0, 0.1) is 11.8 Å². The summed E-state index contributed by atoms with van der Waals surface area (Å²) in [6.45, 7) is 13.6. The van der Waals surface area contributed by atoms with Crippen molar-refractivity contribution in [2.75, 3.05) is 32.7 Å². The molecule has 0 aromatic carbocycles. The number of nitrogens with zero attached hydrogens (tertiary/aromatic N) is 2. The highest BCUT2D eigenvalue weighted by molar-refractivity contribution is 4.96. The minimum Gasteiger partial charge on any atom is -0.312 e. The van der Waals surface area contributed by atoms with E-state index in [4.69, 9.17) is 0 Å². The van der Waals surface area contributed by atoms with E-state index in [9.17, 15) is 0 Å². The monoisotopic (exact) mass is 293 g/mol. The van der Waals surface area contributed by atoms with Crippen LogP contribution in [-0.2, 0) is 0 Å². The zero-order chi connectivity index (χ0) is 14.8. The smallest absolute Gasteiger partial charge is 0.0192 e. The van der Waals surface area contributed by atoms with Gasteiger partial charge in [-0.05, 0) is 71.4 Å². The first-order chi connectivity index (χ1) is 10.1. The summed E-state index contributed by atoms with van der Waals surface area (Å²) in [5.41, 5.74) is 0. The van der Waals surface area contributed by atoms with E-state index in [0.717, 1.165) is 30.0 Å². The maximum absolute atomic E-state index is 3.99. The third-order valence-corrected chi connectivity index (χ3v) is 6.25. The van der Waals surface area contributed by atoms with E-state index in [1.165, 1.54) is 64.8 Å². The first kappa shape index (κ1) is 15.8. The molecule has 0 aromatic rings. The zero-order valence-electron chi connectivity index (χ0n) is 14.4. The van der Waals surface area contributed by atoms with E-state index in [1.807, 2.05) is 0 Å². The molecule has 122 valence electrons. The summed E-state index contributed by atoms with van der Waals surface area (Å²) < 4.78 is 0. The molecule has 3 fully saturated rings. The van der Waals surface area contributed by atoms with E-state index >= 15 is 0 Å². The Bertz CT molecular complexity index is 310. The fraction of sp³-hybridized carbons (Fsp3) is 1.00. The molecule has 2 aliphatic heterocycles. The van der Waals surface area contributed by atoms with Gasteiger partial charge in [0.1, 0.15) is 0 Å². The highest BCUT2D eigenvalue weighted by Gasteiger charge is 2.39. The van der Waals surface area contributed by atoms with Crippen LogP contribution in [0.4, 0.5) is 0 Å². The lowest BCUT2D eigenvalue weighted by Gasteiger charge is -2.49. The minimum absolute atomic E-state index is 0.719. The predicted molar refractivity (Wildman–Crippen MR) is 89.6 cm³/mol. The molecule has 0 aromatic heterocycles. The Labute approximate surface area is 131 Å². The van der Waals surface area contributed by atoms with Crippen LogP contribution in [0.3, 0.4) is 0 Å². The van der Waals surface area contributed by atoms with Crippen molar-refractivity contribution in [3.05, 3.63) is 0 Å². The maximum Gasteiger partial charge on any atom is 0.0192 e. The number of rotatable bonds is 5. The van der Waals surface area contributed by atoms with Gasteiger partial charge in [-0.2, -0.15) is 0 Å². The normalized spacial score (nSPS) is 36.3. The number of piperidine rings is 1. The summed E-state index contributed by atoms with van der Waals surface area (Å²) >= 11 is 0. The van der Waals surface area contributed by atoms with Gasteiger partial charge in [0.15, 0.2) is 0 Å². The van der Waals surface area contributed by atoms with Crippen molar-refractivity contribution in [3.63, 3.8) is 0 Å². The van der Waals surface area contributed by atoms with Crippen LogP contribution in [0.25, 0.3) is 0 Å². The molecule has 3 nitrogen and oxygen atoms in total. The summed E-state index contributed by atoms with van der Waals surface area (Å²) in [6.07, 6.45) is 7.15. The van der Waals surface area contributed by atoms with Gasteiger partial charge in [0, 0.05) is 37.8 Å². The second-order valence-corrected chi connectivity index (χ2v) is 8.02. The number of hydrogen-bond donors (Lipinski definition) is 1. The van der Waals surface area contributed by atoms with Gasteiger partial charge in [0.25, 0.3) is 0 Å². The molecule has 2 heterocycles. The Kier molecular flexibility index (Phi) is 5.23. The van der Waals surface area contributed by atoms with Crippen LogP contribution in [0.1, 0.15) is 52.9 Å². The van der Waals surface area contributed by atoms with Gasteiger partial charge in [-0.1, -0.05) is 6.42 Å². The molecule has 0 radical (unpaired) electrons. The van der Waals surface area contributed by atoms with Gasteiger partial charge < -0.3 is 10.2 Å². The molecule has 3 unspecified atom stereocenters. The van der Waals surface area contributed by atoms with Gasteiger partial charge in [0.05, 0.1) is 0 Å². The average Bonchev–Trinajstić information content (AvgIpc) is 2.97. The van der Waals surface area contributed by atoms with Crippen LogP contribution in [-0.4, -0.2) is 60.6 Å². The van der Waals surface area contributed by atoms with Crippen LogP contribution >= 0.6 is 0 Å². The minimum atomic E-state index is 0.719. The Morgan fingerprint density at radius 1 is 0.905 bits per heavy atom. The second kappa shape index (κ2) is 6.97. The van der Waals surface area contributed by atoms with Gasteiger partial charge in [0.2, 0.25) is 0 Å². The molecule has 1 N–H and O–H groups in total. The molecule has 1 aliphatic carbocycles. The summed E-state index contributed by atoms with van der Waals surface area (Å²) in [5.74, 6) is 1.79. The lowest BCUT2D eigenvalue weighted by Crippen LogP contribution is -2.59. The molecule has 21 heavy (non-hydrogen) atoms. The first-order valence-corrected chi connectivity index (χ1v) is 9.36. The number of hydrogen-bond acceptors (Lipinski definition) is 3. The third-order valence-electron chi connectivity index (χ3n) is 6.25. The standard InChI is InChI=1S/C18H35N3/c1-14(2)21-12-16-7-6-8-17(13-21)18(16)19-11-15(3)20-9-4-5-10-20/h14-19H,4-13H2,1-3H3. The van der Waals surface area contributed by atoms with Gasteiger partial charge in [-0.3, -0.25) is 4.90 Å². The molecule has 2 bridgehead atoms. The molecular formula is C18H35N3. The summed E-state index contributed by atoms with van der Waals surface area (Å²) in [7, 11) is 0. The van der Waals surface area contributed by atoms with E-state index < -0.39 is 0 Å². The van der Waals surface area contributed by atoms with Crippen molar-refractivity contribution >= 4 is 0 Å². The lowest BCUT2D eigenvalue weighted by atomic mass is 9.73. The molecule has 1 saturated carbocycles. The Hall–Kier alpha value is -0.120. The molecule has 3 rings (SSSR count). The van der Waals surface area contributed by atoms with Crippen molar-refractivity contribution < 1.29 is 0 Å². The van der Waals surface area contributed by atoms with Crippen LogP contribution in [0.2, 0.25) is 0 Å². The van der Waals surface area contributed by atoms with Crippen LogP contribution in [0.5, 0.6) is 0 Å². The van der Waals surface area contributed by atoms with Crippen molar-refractivity contribution in [1.29, 1.82) is 0 Å². The van der Waals surface area contributed by atoms with E-state index in [2.05, 4.69) is 35.9 Å². The quantitative estimate of drug-likeness (QED) is 0.840. The highest BCUT2D eigenvalue weighted by atomic mass is 15.2. The zero-order valence-corrected chi connectivity index (χ0v) is 14.4. The van der Waals surface area contributed by atoms with E-state index in [0.29, 0.717) is 0 Å². The number of likely N-dealkylation sites (tertiary alicyclic amines) is 2. The topological polar surface area (TPSA) is 18.5 Å². The SMILES string of the molecule is CC(C)N1CC2CCCC(C1)C2NCC(C)N1CCCC1. The molecule has 0 amide bonds. The van der Waals surface area contributed by atoms with E-state index in [-0.39, 0.29) is 0 Å². The van der Waals surface area contributed by atoms with Gasteiger partial charge >= 0.3 is 0 Å². The van der Waals surface area contributed by atoms with Crippen LogP contribution < -0.4 is 5.32 Å². The van der Waals surface area contributed by atoms with Crippen molar-refractivity contribution in [2.24, 2.45) is 11.8 Å². The largest absolute Gasteiger partial charge is 0.312 e. The van der Waals surface area contributed by atoms with Crippen molar-refractivity contribution in [2.45, 2.75) is 71.0 Å². The van der Waals surface area contributed by atoms with Crippen molar-refractivity contribution in [3.8, 4) is 0 Å². The Balaban J connectivity index is 1.53. The molecule has 3 aliphatic rings. The fourth-order valence-electron chi connectivity index (χ4n) is 4.85. The summed E-state index contributed by atoms with van der Waals surface area (Å²) in [6, 6.07) is 2.23. The average molecular weight is 293 g/mol. The second-order valence-electron chi connectivity index (χ2n) is 8.02. The van der Waals surface area contributed by atoms with E-state index in [1.54, 1.807) is 0 Å². The molecule has 3 atom stereocenters. The number of nitrogens with one attached hydrogen (secondary N) is 1. The maximum atomic E-state index is 3.99. The summed E-state index contributed by atoms with van der Waals surface area (Å²) in [5, 5.41) is 3.99. The molecule has 2 saturated heterocycles. The first-order valence-electron chi connectivity index (χ1n) is 9.36. The summed E-state index contributed by atoms with van der Waals surface area (Å²) in [4.78, 5) is 5.39.